The fourth-order valence-corrected chi connectivity index (χ4v) is 4.03. The molecule has 1 fully saturated rings. The number of ether oxygens (including phenoxy) is 2. The Labute approximate surface area is 132 Å². The summed E-state index contributed by atoms with van der Waals surface area (Å²) >= 11 is 6.27. The van der Waals surface area contributed by atoms with Crippen molar-refractivity contribution in [3.63, 3.8) is 0 Å². The molecule has 0 radical (unpaired) electrons. The van der Waals surface area contributed by atoms with Crippen LogP contribution in [0.1, 0.15) is 11.5 Å². The smallest absolute Gasteiger partial charge is 0.317 e. The first-order chi connectivity index (χ1) is 10.5. The van der Waals surface area contributed by atoms with E-state index in [-0.39, 0.29) is 5.84 Å². The minimum Gasteiger partial charge on any atom is -0.317 e. The second kappa shape index (κ2) is 4.44. The van der Waals surface area contributed by atoms with Gasteiger partial charge in [-0.15, -0.1) is 0 Å². The van der Waals surface area contributed by atoms with Gasteiger partial charge in [-0.05, 0) is 11.6 Å². The highest BCUT2D eigenvalue weighted by molar-refractivity contribution is 6.31. The number of nitrogens with two attached hydrogens (primary N) is 1. The molecule has 6 nitrogen and oxygen atoms in total. The van der Waals surface area contributed by atoms with E-state index >= 15 is 0 Å². The maximum Gasteiger partial charge on any atom is 0.342 e. The summed E-state index contributed by atoms with van der Waals surface area (Å²) in [4.78, 5) is 2.83. The summed E-state index contributed by atoms with van der Waals surface area (Å²) in [6.45, 7) is 0. The lowest BCUT2D eigenvalue weighted by Crippen LogP contribution is -2.90. The van der Waals surface area contributed by atoms with Crippen molar-refractivity contribution < 1.29 is 14.5 Å². The molecular weight excluding hydrogens is 304 g/mol. The molecule has 1 aromatic carbocycles. The Hall–Kier alpha value is -2.12. The Balaban J connectivity index is 2.29. The molecule has 0 bridgehead atoms. The molecule has 112 valence electrons. The van der Waals surface area contributed by atoms with Gasteiger partial charge in [0.25, 0.3) is 5.84 Å². The molecule has 0 unspecified atom stereocenters. The first kappa shape index (κ1) is 14.8. The first-order valence-electron chi connectivity index (χ1n) is 6.59. The van der Waals surface area contributed by atoms with Gasteiger partial charge in [-0.2, -0.15) is 10.5 Å². The van der Waals surface area contributed by atoms with Crippen LogP contribution in [-0.4, -0.2) is 26.0 Å². The van der Waals surface area contributed by atoms with Gasteiger partial charge in [0.15, 0.2) is 10.8 Å². The maximum atomic E-state index is 9.89. The molecule has 3 atom stereocenters. The Morgan fingerprint density at radius 1 is 1.23 bits per heavy atom. The van der Waals surface area contributed by atoms with Gasteiger partial charge in [0, 0.05) is 25.2 Å². The van der Waals surface area contributed by atoms with Gasteiger partial charge < -0.3 is 9.47 Å². The number of hydrogen-bond donors (Lipinski definition) is 2. The van der Waals surface area contributed by atoms with Crippen LogP contribution in [0.15, 0.2) is 24.3 Å². The highest BCUT2D eigenvalue weighted by Crippen LogP contribution is 2.79. The maximum absolute atomic E-state index is 9.89. The van der Waals surface area contributed by atoms with E-state index in [0.717, 1.165) is 0 Å². The van der Waals surface area contributed by atoms with Gasteiger partial charge in [0.05, 0.1) is 12.1 Å². The number of methoxy groups -OCH3 is 2. The van der Waals surface area contributed by atoms with E-state index in [9.17, 15) is 10.5 Å². The lowest BCUT2D eigenvalue weighted by molar-refractivity contribution is -0.687. The SMILES string of the molecule is COC1(OC)[NH+]=C(N)[C@@]2(C#N)[C@@H](c3ccccc3Cl)[C@@]12C#N. The molecule has 22 heavy (non-hydrogen) atoms. The summed E-state index contributed by atoms with van der Waals surface area (Å²) in [7, 11) is 2.80. The zero-order valence-electron chi connectivity index (χ0n) is 12.1. The summed E-state index contributed by atoms with van der Waals surface area (Å²) in [6.07, 6.45) is 0. The molecule has 1 aromatic rings. The highest BCUT2D eigenvalue weighted by atomic mass is 35.5. The topological polar surface area (TPSA) is 106 Å². The van der Waals surface area contributed by atoms with Gasteiger partial charge in [-0.25, -0.2) is 4.99 Å². The molecule has 0 aromatic heterocycles. The third-order valence-electron chi connectivity index (χ3n) is 4.79. The van der Waals surface area contributed by atoms with Crippen molar-refractivity contribution in [1.82, 2.24) is 0 Å². The first-order valence-corrected chi connectivity index (χ1v) is 6.97. The number of amidine groups is 1. The molecular formula is C15H14ClN4O2+. The molecule has 7 heteroatoms. The standard InChI is InChI=1S/C15H13ClN4O2/c1-21-15(22-2)14(8-18)11(9-5-3-4-6-10(9)16)13(14,7-17)12(19)20-15/h3-6,11H,1-2H3,(H2,19,20)/p+1/t11-,13-,14-/m1/s1. The summed E-state index contributed by atoms with van der Waals surface area (Å²) in [5.74, 6) is -1.87. The van der Waals surface area contributed by atoms with Crippen molar-refractivity contribution in [3.8, 4) is 12.1 Å². The van der Waals surface area contributed by atoms with Crippen molar-refractivity contribution in [2.45, 2.75) is 11.8 Å². The molecule has 3 N–H and O–H groups in total. The average molecular weight is 318 g/mol. The summed E-state index contributed by atoms with van der Waals surface area (Å²) < 4.78 is 10.9. The van der Waals surface area contributed by atoms with E-state index in [1.165, 1.54) is 14.2 Å². The second-order valence-corrected chi connectivity index (χ2v) is 5.76. The van der Waals surface area contributed by atoms with Crippen LogP contribution in [0, 0.1) is 33.5 Å². The van der Waals surface area contributed by atoms with Crippen LogP contribution in [0.5, 0.6) is 0 Å². The third-order valence-corrected chi connectivity index (χ3v) is 5.14. The van der Waals surface area contributed by atoms with Crippen molar-refractivity contribution >= 4 is 17.4 Å². The van der Waals surface area contributed by atoms with E-state index in [0.29, 0.717) is 10.6 Å². The Morgan fingerprint density at radius 2 is 1.86 bits per heavy atom. The van der Waals surface area contributed by atoms with Crippen LogP contribution in [0.2, 0.25) is 5.02 Å². The van der Waals surface area contributed by atoms with Crippen LogP contribution in [0.3, 0.4) is 0 Å². The van der Waals surface area contributed by atoms with E-state index in [4.69, 9.17) is 26.8 Å². The largest absolute Gasteiger partial charge is 0.342 e. The van der Waals surface area contributed by atoms with Crippen LogP contribution in [-0.2, 0) is 9.47 Å². The third kappa shape index (κ3) is 1.25. The molecule has 0 saturated heterocycles. The van der Waals surface area contributed by atoms with E-state index in [1.807, 2.05) is 0 Å². The van der Waals surface area contributed by atoms with Crippen LogP contribution in [0.4, 0.5) is 0 Å². The predicted molar refractivity (Wildman–Crippen MR) is 77.2 cm³/mol. The number of rotatable bonds is 3. The Morgan fingerprint density at radius 3 is 2.36 bits per heavy atom. The number of nitrogens with zero attached hydrogens (tertiary/aromatic N) is 2. The van der Waals surface area contributed by atoms with Gasteiger partial charge in [0.2, 0.25) is 0 Å². The van der Waals surface area contributed by atoms with Crippen LogP contribution in [0.25, 0.3) is 0 Å². The van der Waals surface area contributed by atoms with Crippen molar-refractivity contribution in [2.75, 3.05) is 14.2 Å². The summed E-state index contributed by atoms with van der Waals surface area (Å²) in [5, 5.41) is 20.1. The number of hydrogen-bond acceptors (Lipinski definition) is 5. The number of nitriles is 2. The zero-order chi connectivity index (χ0) is 16.2. The number of benzene rings is 1. The number of halogens is 1. The second-order valence-electron chi connectivity index (χ2n) is 5.36. The minimum atomic E-state index is -1.49. The lowest BCUT2D eigenvalue weighted by atomic mass is 9.93. The average Bonchev–Trinajstić information content (AvgIpc) is 3.10. The molecule has 2 aliphatic rings. The van der Waals surface area contributed by atoms with Crippen LogP contribution < -0.4 is 10.7 Å². The molecule has 1 aliphatic carbocycles. The van der Waals surface area contributed by atoms with Gasteiger partial charge >= 0.3 is 5.91 Å². The summed E-state index contributed by atoms with van der Waals surface area (Å²) in [5.41, 5.74) is 4.17. The molecule has 1 heterocycles. The fraction of sp³-hybridized carbons (Fsp3) is 0.400. The number of fused-ring (bicyclic) bond motifs is 1. The normalized spacial score (nSPS) is 34.2. The van der Waals surface area contributed by atoms with Crippen molar-refractivity contribution in [2.24, 2.45) is 16.6 Å². The molecule has 0 spiro atoms. The molecule has 3 rings (SSSR count). The van der Waals surface area contributed by atoms with E-state index in [1.54, 1.807) is 24.3 Å². The van der Waals surface area contributed by atoms with Gasteiger partial charge in [-0.3, -0.25) is 5.73 Å². The molecule has 0 amide bonds. The Bertz CT molecular complexity index is 762. The van der Waals surface area contributed by atoms with Crippen molar-refractivity contribution in [1.29, 1.82) is 10.5 Å². The highest BCUT2D eigenvalue weighted by Gasteiger charge is 2.97. The van der Waals surface area contributed by atoms with E-state index < -0.39 is 22.7 Å². The fourth-order valence-electron chi connectivity index (χ4n) is 3.79. The van der Waals surface area contributed by atoms with Gasteiger partial charge in [-0.1, -0.05) is 29.8 Å². The molecule has 1 aliphatic heterocycles. The number of nitrogens with one attached hydrogen (secondary N) is 1. The molecule has 1 saturated carbocycles. The predicted octanol–water partition coefficient (Wildman–Crippen LogP) is -0.145. The van der Waals surface area contributed by atoms with Gasteiger partial charge in [0.1, 0.15) is 0 Å². The quantitative estimate of drug-likeness (QED) is 0.754. The van der Waals surface area contributed by atoms with Crippen LogP contribution >= 0.6 is 11.6 Å². The minimum absolute atomic E-state index is 0.158. The van der Waals surface area contributed by atoms with Crippen molar-refractivity contribution in [3.05, 3.63) is 34.9 Å². The zero-order valence-corrected chi connectivity index (χ0v) is 12.8. The van der Waals surface area contributed by atoms with E-state index in [2.05, 4.69) is 17.1 Å². The summed E-state index contributed by atoms with van der Waals surface area (Å²) in [6, 6.07) is 11.5. The lowest BCUT2D eigenvalue weighted by Gasteiger charge is -2.26. The monoisotopic (exact) mass is 317 g/mol. The Kier molecular flexibility index (Phi) is 2.99.